The van der Waals surface area contributed by atoms with E-state index in [0.29, 0.717) is 23.2 Å². The van der Waals surface area contributed by atoms with Crippen LogP contribution in [0.25, 0.3) is 10.2 Å². The van der Waals surface area contributed by atoms with E-state index in [-0.39, 0.29) is 16.2 Å². The Hall–Kier alpha value is -2.20. The average molecular weight is 480 g/mol. The Bertz CT molecular complexity index is 1220. The fraction of sp³-hybridized carbons (Fsp3) is 0.333. The third-order valence-corrected chi connectivity index (χ3v) is 8.27. The second kappa shape index (κ2) is 9.12. The highest BCUT2D eigenvalue weighted by molar-refractivity contribution is 7.89. The van der Waals surface area contributed by atoms with Crippen LogP contribution in [0.4, 0.5) is 5.13 Å². The van der Waals surface area contributed by atoms with Crippen LogP contribution in [-0.4, -0.2) is 43.8 Å². The standard InChI is InChI=1S/C21H22ClN3O4S2/c1-29-17-9-6-14(12-19(17)31(27,28)25-10-4-2-3-5-11-25)20(26)24-21-23-16-8-7-15(22)13-18(16)30-21/h6-9,12-13H,2-5,10-11H2,1H3,(H,23,24,26). The van der Waals surface area contributed by atoms with Gasteiger partial charge in [-0.15, -0.1) is 0 Å². The molecule has 1 aromatic heterocycles. The van der Waals surface area contributed by atoms with E-state index in [2.05, 4.69) is 10.3 Å². The first-order chi connectivity index (χ1) is 14.9. The van der Waals surface area contributed by atoms with E-state index in [1.165, 1.54) is 34.9 Å². The number of benzene rings is 2. The van der Waals surface area contributed by atoms with Crippen molar-refractivity contribution in [3.8, 4) is 5.75 Å². The number of sulfonamides is 1. The number of hydrogen-bond acceptors (Lipinski definition) is 6. The lowest BCUT2D eigenvalue weighted by Crippen LogP contribution is -2.32. The highest BCUT2D eigenvalue weighted by Gasteiger charge is 2.29. The Balaban J connectivity index is 1.63. The molecule has 1 aliphatic heterocycles. The predicted octanol–water partition coefficient (Wildman–Crippen LogP) is 4.78. The maximum absolute atomic E-state index is 13.3. The van der Waals surface area contributed by atoms with E-state index in [1.54, 1.807) is 24.3 Å². The summed E-state index contributed by atoms with van der Waals surface area (Å²) in [4.78, 5) is 17.2. The highest BCUT2D eigenvalue weighted by atomic mass is 35.5. The van der Waals surface area contributed by atoms with Gasteiger partial charge in [-0.1, -0.05) is 35.8 Å². The zero-order valence-corrected chi connectivity index (χ0v) is 19.3. The number of aromatic nitrogens is 1. The van der Waals surface area contributed by atoms with Crippen molar-refractivity contribution >= 4 is 54.2 Å². The second-order valence-corrected chi connectivity index (χ2v) is 10.6. The summed E-state index contributed by atoms with van der Waals surface area (Å²) in [6, 6.07) is 9.72. The lowest BCUT2D eigenvalue weighted by molar-refractivity contribution is 0.102. The Kier molecular flexibility index (Phi) is 6.47. The molecule has 3 aromatic rings. The summed E-state index contributed by atoms with van der Waals surface area (Å²) in [6.07, 6.45) is 3.67. The minimum absolute atomic E-state index is 0.000585. The summed E-state index contributed by atoms with van der Waals surface area (Å²) in [7, 11) is -2.36. The molecule has 0 atom stereocenters. The van der Waals surface area contributed by atoms with E-state index < -0.39 is 15.9 Å². The number of fused-ring (bicyclic) bond motifs is 1. The summed E-state index contributed by atoms with van der Waals surface area (Å²) in [5.41, 5.74) is 0.940. The van der Waals surface area contributed by atoms with Crippen molar-refractivity contribution in [1.29, 1.82) is 0 Å². The number of carbonyl (C=O) groups excluding carboxylic acids is 1. The highest BCUT2D eigenvalue weighted by Crippen LogP contribution is 2.31. The first-order valence-corrected chi connectivity index (χ1v) is 12.6. The Morgan fingerprint density at radius 3 is 2.58 bits per heavy atom. The van der Waals surface area contributed by atoms with Gasteiger partial charge in [0.05, 0.1) is 17.3 Å². The number of rotatable bonds is 5. The molecule has 2 heterocycles. The molecule has 1 fully saturated rings. The second-order valence-electron chi connectivity index (χ2n) is 7.27. The topological polar surface area (TPSA) is 88.6 Å². The zero-order chi connectivity index (χ0) is 22.0. The van der Waals surface area contributed by atoms with E-state index in [0.717, 1.165) is 35.9 Å². The lowest BCUT2D eigenvalue weighted by atomic mass is 10.2. The Morgan fingerprint density at radius 1 is 1.13 bits per heavy atom. The van der Waals surface area contributed by atoms with Crippen molar-refractivity contribution in [2.24, 2.45) is 0 Å². The minimum atomic E-state index is -3.78. The predicted molar refractivity (Wildman–Crippen MR) is 123 cm³/mol. The molecule has 0 spiro atoms. The van der Waals surface area contributed by atoms with Crippen LogP contribution >= 0.6 is 22.9 Å². The third-order valence-electron chi connectivity index (χ3n) is 5.18. The summed E-state index contributed by atoms with van der Waals surface area (Å²) in [5, 5.41) is 3.75. The molecule has 1 N–H and O–H groups in total. The van der Waals surface area contributed by atoms with Crippen LogP contribution in [0.1, 0.15) is 36.0 Å². The number of hydrogen-bond donors (Lipinski definition) is 1. The summed E-state index contributed by atoms with van der Waals surface area (Å²) in [5.74, 6) is -0.226. The van der Waals surface area contributed by atoms with Crippen LogP contribution in [0.5, 0.6) is 5.75 Å². The van der Waals surface area contributed by atoms with Crippen molar-refractivity contribution in [2.45, 2.75) is 30.6 Å². The third kappa shape index (κ3) is 4.69. The Labute approximate surface area is 190 Å². The SMILES string of the molecule is COc1ccc(C(=O)Nc2nc3ccc(Cl)cc3s2)cc1S(=O)(=O)N1CCCCCC1. The molecule has 4 rings (SSSR count). The molecular formula is C21H22ClN3O4S2. The number of amides is 1. The molecule has 0 saturated carbocycles. The van der Waals surface area contributed by atoms with Gasteiger partial charge in [-0.25, -0.2) is 13.4 Å². The number of halogens is 1. The number of carbonyl (C=O) groups is 1. The summed E-state index contributed by atoms with van der Waals surface area (Å²) in [6.45, 7) is 0.937. The van der Waals surface area contributed by atoms with Crippen LogP contribution in [0.2, 0.25) is 5.02 Å². The van der Waals surface area contributed by atoms with Crippen LogP contribution < -0.4 is 10.1 Å². The van der Waals surface area contributed by atoms with Gasteiger partial charge in [0.15, 0.2) is 5.13 Å². The monoisotopic (exact) mass is 479 g/mol. The van der Waals surface area contributed by atoms with Crippen molar-refractivity contribution in [3.05, 3.63) is 47.0 Å². The number of ether oxygens (including phenoxy) is 1. The molecule has 1 aliphatic rings. The maximum Gasteiger partial charge on any atom is 0.257 e. The van der Waals surface area contributed by atoms with Crippen LogP contribution in [-0.2, 0) is 10.0 Å². The molecule has 7 nitrogen and oxygen atoms in total. The Morgan fingerprint density at radius 2 is 1.87 bits per heavy atom. The fourth-order valence-electron chi connectivity index (χ4n) is 3.56. The molecule has 0 bridgehead atoms. The van der Waals surface area contributed by atoms with Gasteiger partial charge in [0, 0.05) is 23.7 Å². The lowest BCUT2D eigenvalue weighted by Gasteiger charge is -2.21. The van der Waals surface area contributed by atoms with Gasteiger partial charge in [0.1, 0.15) is 10.6 Å². The smallest absolute Gasteiger partial charge is 0.257 e. The molecule has 2 aromatic carbocycles. The molecule has 31 heavy (non-hydrogen) atoms. The molecule has 0 aliphatic carbocycles. The van der Waals surface area contributed by atoms with Gasteiger partial charge in [0.2, 0.25) is 10.0 Å². The normalized spacial score (nSPS) is 15.5. The van der Waals surface area contributed by atoms with E-state index in [4.69, 9.17) is 16.3 Å². The maximum atomic E-state index is 13.3. The van der Waals surface area contributed by atoms with Gasteiger partial charge < -0.3 is 4.74 Å². The van der Waals surface area contributed by atoms with E-state index in [9.17, 15) is 13.2 Å². The summed E-state index contributed by atoms with van der Waals surface area (Å²) < 4.78 is 34.2. The van der Waals surface area contributed by atoms with Crippen molar-refractivity contribution in [1.82, 2.24) is 9.29 Å². The van der Waals surface area contributed by atoms with Crippen molar-refractivity contribution < 1.29 is 17.9 Å². The number of nitrogens with zero attached hydrogens (tertiary/aromatic N) is 2. The molecular weight excluding hydrogens is 458 g/mol. The van der Waals surface area contributed by atoms with E-state index >= 15 is 0 Å². The van der Waals surface area contributed by atoms with E-state index in [1.807, 2.05) is 0 Å². The van der Waals surface area contributed by atoms with Crippen LogP contribution in [0.15, 0.2) is 41.3 Å². The largest absolute Gasteiger partial charge is 0.495 e. The van der Waals surface area contributed by atoms with Crippen LogP contribution in [0, 0.1) is 0 Å². The molecule has 1 saturated heterocycles. The first kappa shape index (κ1) is 22.0. The number of thiazole rings is 1. The quantitative estimate of drug-likeness (QED) is 0.569. The zero-order valence-electron chi connectivity index (χ0n) is 16.9. The first-order valence-electron chi connectivity index (χ1n) is 9.94. The van der Waals surface area contributed by atoms with Gasteiger partial charge in [-0.05, 0) is 49.2 Å². The van der Waals surface area contributed by atoms with Crippen LogP contribution in [0.3, 0.4) is 0 Å². The molecule has 1 amide bonds. The molecule has 164 valence electrons. The van der Waals surface area contributed by atoms with Gasteiger partial charge in [0.25, 0.3) is 5.91 Å². The minimum Gasteiger partial charge on any atom is -0.495 e. The van der Waals surface area contributed by atoms with Crippen molar-refractivity contribution in [2.75, 3.05) is 25.5 Å². The average Bonchev–Trinajstić information content (AvgIpc) is 2.95. The van der Waals surface area contributed by atoms with Crippen molar-refractivity contribution in [3.63, 3.8) is 0 Å². The van der Waals surface area contributed by atoms with Gasteiger partial charge >= 0.3 is 0 Å². The number of nitrogens with one attached hydrogen (secondary N) is 1. The van der Waals surface area contributed by atoms with Gasteiger partial charge in [-0.3, -0.25) is 10.1 Å². The summed E-state index contributed by atoms with van der Waals surface area (Å²) >= 11 is 7.31. The molecule has 0 radical (unpaired) electrons. The fourth-order valence-corrected chi connectivity index (χ4v) is 6.40. The van der Waals surface area contributed by atoms with Gasteiger partial charge in [-0.2, -0.15) is 4.31 Å². The molecule has 0 unspecified atom stereocenters. The number of anilines is 1. The number of methoxy groups -OCH3 is 1. The molecule has 10 heteroatoms.